The second-order valence-corrected chi connectivity index (χ2v) is 10.5. The number of fused-ring (bicyclic) bond motifs is 3. The van der Waals surface area contributed by atoms with Gasteiger partial charge in [0.1, 0.15) is 6.04 Å². The Balaban J connectivity index is 1.26. The van der Waals surface area contributed by atoms with E-state index in [2.05, 4.69) is 31.3 Å². The predicted molar refractivity (Wildman–Crippen MR) is 118 cm³/mol. The third-order valence-corrected chi connectivity index (χ3v) is 8.13. The van der Waals surface area contributed by atoms with Gasteiger partial charge in [-0.05, 0) is 110 Å². The molecule has 3 aliphatic carbocycles. The Morgan fingerprint density at radius 1 is 1.13 bits per heavy atom. The van der Waals surface area contributed by atoms with E-state index in [9.17, 15) is 10.1 Å². The molecule has 2 fully saturated rings. The summed E-state index contributed by atoms with van der Waals surface area (Å²) in [7, 11) is 0. The molecule has 4 nitrogen and oxygen atoms in total. The van der Waals surface area contributed by atoms with E-state index in [0.717, 1.165) is 37.6 Å². The Labute approximate surface area is 181 Å². The largest absolute Gasteiger partial charge is 0.322 e. The molecule has 1 aromatic rings. The Hall–Kier alpha value is -1.86. The summed E-state index contributed by atoms with van der Waals surface area (Å²) in [6.45, 7) is 5.98. The van der Waals surface area contributed by atoms with Gasteiger partial charge in [0.2, 0.25) is 5.91 Å². The van der Waals surface area contributed by atoms with Crippen molar-refractivity contribution in [1.29, 1.82) is 5.26 Å². The van der Waals surface area contributed by atoms with Crippen molar-refractivity contribution in [3.05, 3.63) is 33.9 Å². The molecule has 4 heteroatoms. The van der Waals surface area contributed by atoms with Crippen molar-refractivity contribution in [1.82, 2.24) is 10.2 Å². The summed E-state index contributed by atoms with van der Waals surface area (Å²) in [5.41, 5.74) is 8.04. The van der Waals surface area contributed by atoms with Crippen LogP contribution in [-0.4, -0.2) is 36.0 Å². The number of likely N-dealkylation sites (tertiary alicyclic amines) is 1. The van der Waals surface area contributed by atoms with Crippen molar-refractivity contribution in [2.24, 2.45) is 17.8 Å². The van der Waals surface area contributed by atoms with Crippen LogP contribution >= 0.6 is 0 Å². The first kappa shape index (κ1) is 20.1. The zero-order chi connectivity index (χ0) is 20.8. The fraction of sp³-hybridized carbons (Fsp3) is 0.692. The Morgan fingerprint density at radius 3 is 2.43 bits per heavy atom. The van der Waals surface area contributed by atoms with Gasteiger partial charge >= 0.3 is 0 Å². The fourth-order valence-corrected chi connectivity index (χ4v) is 6.41. The number of benzene rings is 1. The van der Waals surface area contributed by atoms with Gasteiger partial charge in [0.15, 0.2) is 0 Å². The molecule has 1 saturated heterocycles. The highest BCUT2D eigenvalue weighted by Crippen LogP contribution is 2.47. The highest BCUT2D eigenvalue weighted by atomic mass is 16.2. The van der Waals surface area contributed by atoms with Crippen LogP contribution in [0.3, 0.4) is 0 Å². The normalized spacial score (nSPS) is 31.5. The molecule has 30 heavy (non-hydrogen) atoms. The molecule has 4 aliphatic rings. The molecule has 1 aromatic carbocycles. The summed E-state index contributed by atoms with van der Waals surface area (Å²) in [6.07, 6.45) is 10.5. The fourth-order valence-electron chi connectivity index (χ4n) is 6.41. The van der Waals surface area contributed by atoms with E-state index in [4.69, 9.17) is 0 Å². The van der Waals surface area contributed by atoms with Crippen LogP contribution in [-0.2, 0) is 36.9 Å². The second-order valence-electron chi connectivity index (χ2n) is 10.5. The molecular formula is C26H35N3O. The number of hydrogen-bond donors (Lipinski definition) is 1. The van der Waals surface area contributed by atoms with Crippen molar-refractivity contribution < 1.29 is 4.79 Å². The standard InChI is InChI=1S/C26H35N3O/c1-16-3-5-22-18(9-16)11-19-10-17(2)4-6-23(19)24(22)7-8-28-15-26(30)29-21(14-27)12-20-13-25(20)29/h11,16-17,20-21,25,28H,3-10,12-13,15H2,1-2H3/t16?,17?,20-,21?,25+/m1/s1. The summed E-state index contributed by atoms with van der Waals surface area (Å²) < 4.78 is 0. The van der Waals surface area contributed by atoms with Crippen molar-refractivity contribution in [3.63, 3.8) is 0 Å². The summed E-state index contributed by atoms with van der Waals surface area (Å²) in [6, 6.07) is 5.02. The van der Waals surface area contributed by atoms with E-state index in [1.165, 1.54) is 38.5 Å². The maximum atomic E-state index is 12.7. The molecular weight excluding hydrogens is 370 g/mol. The van der Waals surface area contributed by atoms with Gasteiger partial charge < -0.3 is 10.2 Å². The molecule has 160 valence electrons. The van der Waals surface area contributed by atoms with Gasteiger partial charge in [0.25, 0.3) is 0 Å². The van der Waals surface area contributed by atoms with Crippen LogP contribution in [0.5, 0.6) is 0 Å². The summed E-state index contributed by atoms with van der Waals surface area (Å²) in [5, 5.41) is 12.8. The monoisotopic (exact) mass is 405 g/mol. The minimum absolute atomic E-state index is 0.117. The van der Waals surface area contributed by atoms with Crippen LogP contribution in [0.2, 0.25) is 0 Å². The molecule has 1 heterocycles. The van der Waals surface area contributed by atoms with Crippen molar-refractivity contribution in [2.45, 2.75) is 83.7 Å². The molecule has 0 spiro atoms. The first-order valence-electron chi connectivity index (χ1n) is 12.1. The molecule has 0 bridgehead atoms. The van der Waals surface area contributed by atoms with Crippen molar-refractivity contribution in [2.75, 3.05) is 13.1 Å². The van der Waals surface area contributed by atoms with E-state index < -0.39 is 0 Å². The van der Waals surface area contributed by atoms with Crippen LogP contribution in [0, 0.1) is 29.1 Å². The van der Waals surface area contributed by atoms with Gasteiger partial charge in [-0.1, -0.05) is 19.9 Å². The van der Waals surface area contributed by atoms with Gasteiger partial charge in [-0.2, -0.15) is 5.26 Å². The number of nitrogens with zero attached hydrogens (tertiary/aromatic N) is 2. The third kappa shape index (κ3) is 3.66. The van der Waals surface area contributed by atoms with Gasteiger partial charge in [-0.15, -0.1) is 0 Å². The van der Waals surface area contributed by atoms with E-state index in [0.29, 0.717) is 18.5 Å². The molecule has 3 unspecified atom stereocenters. The molecule has 0 aromatic heterocycles. The summed E-state index contributed by atoms with van der Waals surface area (Å²) in [4.78, 5) is 14.6. The molecule has 5 atom stereocenters. The lowest BCUT2D eigenvalue weighted by Crippen LogP contribution is -2.43. The van der Waals surface area contributed by atoms with E-state index in [1.54, 1.807) is 27.8 Å². The first-order valence-corrected chi connectivity index (χ1v) is 12.1. The number of carbonyl (C=O) groups is 1. The maximum absolute atomic E-state index is 12.7. The molecule has 0 radical (unpaired) electrons. The van der Waals surface area contributed by atoms with E-state index in [1.807, 2.05) is 4.90 Å². The lowest BCUT2D eigenvalue weighted by molar-refractivity contribution is -0.131. The number of amides is 1. The number of rotatable bonds is 5. The average Bonchev–Trinajstić information content (AvgIpc) is 3.39. The zero-order valence-electron chi connectivity index (χ0n) is 18.5. The van der Waals surface area contributed by atoms with Gasteiger partial charge in [-0.25, -0.2) is 0 Å². The van der Waals surface area contributed by atoms with Crippen LogP contribution in [0.4, 0.5) is 0 Å². The lowest BCUT2D eigenvalue weighted by atomic mass is 9.74. The van der Waals surface area contributed by atoms with Gasteiger partial charge in [0, 0.05) is 6.04 Å². The van der Waals surface area contributed by atoms with Crippen molar-refractivity contribution in [3.8, 4) is 6.07 Å². The predicted octanol–water partition coefficient (Wildman–Crippen LogP) is 3.58. The van der Waals surface area contributed by atoms with Gasteiger partial charge in [0.05, 0.1) is 12.6 Å². The van der Waals surface area contributed by atoms with Crippen LogP contribution in [0.1, 0.15) is 67.3 Å². The molecule has 1 amide bonds. The molecule has 1 saturated carbocycles. The maximum Gasteiger partial charge on any atom is 0.237 e. The number of nitrogens with one attached hydrogen (secondary N) is 1. The zero-order valence-corrected chi connectivity index (χ0v) is 18.5. The minimum atomic E-state index is -0.194. The average molecular weight is 406 g/mol. The first-order chi connectivity index (χ1) is 14.5. The van der Waals surface area contributed by atoms with Crippen LogP contribution in [0.15, 0.2) is 6.07 Å². The molecule has 5 rings (SSSR count). The van der Waals surface area contributed by atoms with Gasteiger partial charge in [-0.3, -0.25) is 4.79 Å². The number of hydrogen-bond acceptors (Lipinski definition) is 3. The van der Waals surface area contributed by atoms with Crippen LogP contribution < -0.4 is 5.32 Å². The molecule has 1 N–H and O–H groups in total. The Kier molecular flexibility index (Phi) is 5.35. The Bertz CT molecular complexity index is 847. The highest BCUT2D eigenvalue weighted by molar-refractivity contribution is 5.80. The quantitative estimate of drug-likeness (QED) is 0.762. The van der Waals surface area contributed by atoms with E-state index >= 15 is 0 Å². The highest BCUT2D eigenvalue weighted by Gasteiger charge is 2.53. The lowest BCUT2D eigenvalue weighted by Gasteiger charge is -2.31. The summed E-state index contributed by atoms with van der Waals surface area (Å²) in [5.74, 6) is 2.29. The third-order valence-electron chi connectivity index (χ3n) is 8.13. The Morgan fingerprint density at radius 2 is 1.80 bits per heavy atom. The number of carbonyl (C=O) groups excluding carboxylic acids is 1. The number of nitriles is 1. The van der Waals surface area contributed by atoms with E-state index in [-0.39, 0.29) is 11.9 Å². The topological polar surface area (TPSA) is 56.1 Å². The number of piperidine rings is 1. The summed E-state index contributed by atoms with van der Waals surface area (Å²) >= 11 is 0. The minimum Gasteiger partial charge on any atom is -0.322 e. The second kappa shape index (κ2) is 8.00. The SMILES string of the molecule is CC1CCc2c(cc3c(c2CCNCC(=O)N2C(C#N)C[C@@H]4C[C@@H]42)CCC(C)C3)C1. The van der Waals surface area contributed by atoms with Crippen LogP contribution in [0.25, 0.3) is 0 Å². The molecule has 1 aliphatic heterocycles. The van der Waals surface area contributed by atoms with Crippen molar-refractivity contribution >= 4 is 5.91 Å². The smallest absolute Gasteiger partial charge is 0.237 e.